The number of nitrogens with one attached hydrogen (secondary N) is 3. The van der Waals surface area contributed by atoms with Gasteiger partial charge < -0.3 is 20.9 Å². The van der Waals surface area contributed by atoms with Crippen LogP contribution in [-0.2, 0) is 19.2 Å². The SMILES string of the molecule is CC(C)(C)[C@H](NC(=O)C(F)(F)F)C(=O)N1C[C@@H]2[C@@H]3C=C[C@@H]([C@H]4C[C@@H]34)[C@@H]2C1C(=O)N[C@H](C#N)C[C@@H]1CCNC1=O. The molecule has 2 bridgehead atoms. The summed E-state index contributed by atoms with van der Waals surface area (Å²) < 4.78 is 39.5. The molecule has 0 spiro atoms. The van der Waals surface area contributed by atoms with Crippen molar-refractivity contribution in [3.8, 4) is 6.07 Å². The minimum Gasteiger partial charge on any atom is -0.356 e. The van der Waals surface area contributed by atoms with Gasteiger partial charge in [-0.1, -0.05) is 32.9 Å². The molecule has 2 saturated carbocycles. The Morgan fingerprint density at radius 1 is 1.13 bits per heavy atom. The number of carbonyl (C=O) groups is 4. The van der Waals surface area contributed by atoms with E-state index in [0.29, 0.717) is 24.8 Å². The fourth-order valence-electron chi connectivity index (χ4n) is 7.44. The molecule has 6 rings (SSSR count). The Hall–Kier alpha value is -3.10. The minimum absolute atomic E-state index is 0.0384. The quantitative estimate of drug-likeness (QED) is 0.433. The van der Waals surface area contributed by atoms with Crippen LogP contribution in [0.15, 0.2) is 12.2 Å². The third kappa shape index (κ3) is 4.89. The first-order valence-electron chi connectivity index (χ1n) is 13.6. The summed E-state index contributed by atoms with van der Waals surface area (Å²) in [6, 6.07) is -1.43. The van der Waals surface area contributed by atoms with Crippen LogP contribution in [0.5, 0.6) is 0 Å². The maximum atomic E-state index is 13.9. The van der Waals surface area contributed by atoms with Crippen molar-refractivity contribution in [3.05, 3.63) is 12.2 Å². The van der Waals surface area contributed by atoms with Crippen molar-refractivity contribution in [2.24, 2.45) is 46.8 Å². The molecule has 0 aromatic carbocycles. The number of hydrogen-bond acceptors (Lipinski definition) is 5. The lowest BCUT2D eigenvalue weighted by molar-refractivity contribution is -0.176. The van der Waals surface area contributed by atoms with E-state index < -0.39 is 53.4 Å². The summed E-state index contributed by atoms with van der Waals surface area (Å²) in [5.41, 5.74) is -1.07. The molecule has 0 aromatic rings. The Morgan fingerprint density at radius 3 is 2.38 bits per heavy atom. The number of alkyl halides is 3. The van der Waals surface area contributed by atoms with Crippen LogP contribution in [0, 0.1) is 58.2 Å². The van der Waals surface area contributed by atoms with Crippen molar-refractivity contribution in [1.82, 2.24) is 20.9 Å². The van der Waals surface area contributed by atoms with Crippen molar-refractivity contribution in [3.63, 3.8) is 0 Å². The van der Waals surface area contributed by atoms with Crippen LogP contribution in [-0.4, -0.2) is 65.9 Å². The van der Waals surface area contributed by atoms with Gasteiger partial charge >= 0.3 is 12.1 Å². The molecule has 6 aliphatic rings. The van der Waals surface area contributed by atoms with E-state index >= 15 is 0 Å². The van der Waals surface area contributed by atoms with Crippen LogP contribution < -0.4 is 16.0 Å². The topological polar surface area (TPSA) is 131 Å². The molecule has 4 fully saturated rings. The van der Waals surface area contributed by atoms with Gasteiger partial charge in [-0.3, -0.25) is 19.2 Å². The second-order valence-electron chi connectivity index (χ2n) is 12.8. The van der Waals surface area contributed by atoms with Crippen molar-refractivity contribution in [2.45, 2.75) is 64.3 Å². The third-order valence-corrected chi connectivity index (χ3v) is 9.33. The van der Waals surface area contributed by atoms with Crippen molar-refractivity contribution in [2.75, 3.05) is 13.1 Å². The number of likely N-dealkylation sites (tertiary alicyclic amines) is 1. The molecule has 10 atom stereocenters. The standard InChI is InChI=1S/C27H34F3N5O4/c1-26(2,3)21(34-25(39)27(28,29)30)24(38)35-11-18-14-4-5-15(17-9-16(14)17)19(18)20(35)23(37)33-13(10-31)8-12-6-7-32-22(12)36/h4-5,12-21H,6-9,11H2,1-3H3,(H,32,36)(H,33,37)(H,34,39)/t12-,13-,14+,15-,16-,17+,18+,19-,20?,21+/m0/s1. The van der Waals surface area contributed by atoms with Gasteiger partial charge in [-0.15, -0.1) is 0 Å². The summed E-state index contributed by atoms with van der Waals surface area (Å²) in [6.07, 6.45) is 0.803. The van der Waals surface area contributed by atoms with E-state index in [1.807, 2.05) is 11.4 Å². The molecule has 212 valence electrons. The molecule has 12 heteroatoms. The molecule has 2 heterocycles. The number of halogens is 3. The van der Waals surface area contributed by atoms with Crippen molar-refractivity contribution in [1.29, 1.82) is 5.26 Å². The average molecular weight is 550 g/mol. The first-order chi connectivity index (χ1) is 18.2. The lowest BCUT2D eigenvalue weighted by Gasteiger charge is -2.42. The molecule has 9 nitrogen and oxygen atoms in total. The Balaban J connectivity index is 1.42. The van der Waals surface area contributed by atoms with E-state index in [9.17, 15) is 37.6 Å². The summed E-state index contributed by atoms with van der Waals surface area (Å²) in [5.74, 6) is -3.25. The summed E-state index contributed by atoms with van der Waals surface area (Å²) in [5, 5.41) is 17.1. The fraction of sp³-hybridized carbons (Fsp3) is 0.741. The number of hydrogen-bond donors (Lipinski definition) is 3. The molecular formula is C27H34F3N5O4. The molecule has 2 aliphatic heterocycles. The lowest BCUT2D eigenvalue weighted by Crippen LogP contribution is -2.60. The fourth-order valence-corrected chi connectivity index (χ4v) is 7.44. The Labute approximate surface area is 224 Å². The van der Waals surface area contributed by atoms with Gasteiger partial charge in [0.1, 0.15) is 18.1 Å². The highest BCUT2D eigenvalue weighted by atomic mass is 19.4. The van der Waals surface area contributed by atoms with E-state index in [1.54, 1.807) is 20.8 Å². The maximum absolute atomic E-state index is 13.9. The van der Waals surface area contributed by atoms with Gasteiger partial charge in [0, 0.05) is 19.0 Å². The zero-order valence-corrected chi connectivity index (χ0v) is 22.1. The summed E-state index contributed by atoms with van der Waals surface area (Å²) >= 11 is 0. The van der Waals surface area contributed by atoms with Crippen molar-refractivity contribution >= 4 is 23.6 Å². The van der Waals surface area contributed by atoms with E-state index in [2.05, 4.69) is 22.8 Å². The van der Waals surface area contributed by atoms with Crippen LogP contribution in [0.25, 0.3) is 0 Å². The van der Waals surface area contributed by atoms with Crippen LogP contribution in [0.1, 0.15) is 40.0 Å². The second-order valence-corrected chi connectivity index (χ2v) is 12.8. The molecule has 4 amide bonds. The number of carbonyl (C=O) groups excluding carboxylic acids is 4. The van der Waals surface area contributed by atoms with Gasteiger partial charge in [0.15, 0.2) is 0 Å². The highest BCUT2D eigenvalue weighted by Gasteiger charge is 2.66. The van der Waals surface area contributed by atoms with E-state index in [1.165, 1.54) is 4.90 Å². The van der Waals surface area contributed by atoms with Gasteiger partial charge in [0.25, 0.3) is 0 Å². The van der Waals surface area contributed by atoms with Crippen LogP contribution in [0.4, 0.5) is 13.2 Å². The molecule has 3 N–H and O–H groups in total. The highest BCUT2D eigenvalue weighted by molar-refractivity contribution is 5.94. The first-order valence-corrected chi connectivity index (χ1v) is 13.6. The van der Waals surface area contributed by atoms with Crippen LogP contribution >= 0.6 is 0 Å². The Morgan fingerprint density at radius 2 is 1.79 bits per heavy atom. The van der Waals surface area contributed by atoms with Crippen LogP contribution in [0.2, 0.25) is 0 Å². The predicted octanol–water partition coefficient (Wildman–Crippen LogP) is 1.51. The van der Waals surface area contributed by atoms with E-state index in [4.69, 9.17) is 0 Å². The van der Waals surface area contributed by atoms with Crippen molar-refractivity contribution < 1.29 is 32.3 Å². The third-order valence-electron chi connectivity index (χ3n) is 9.33. The summed E-state index contributed by atoms with van der Waals surface area (Å²) in [7, 11) is 0. The lowest BCUT2D eigenvalue weighted by atomic mass is 9.62. The number of allylic oxidation sites excluding steroid dienone is 2. The highest BCUT2D eigenvalue weighted by Crippen LogP contribution is 2.66. The van der Waals surface area contributed by atoms with Gasteiger partial charge in [0.2, 0.25) is 17.7 Å². The molecule has 0 radical (unpaired) electrons. The van der Waals surface area contributed by atoms with Gasteiger partial charge in [-0.2, -0.15) is 18.4 Å². The first kappa shape index (κ1) is 27.5. The number of nitriles is 1. The Bertz CT molecular complexity index is 1140. The number of rotatable bonds is 6. The number of nitrogens with zero attached hydrogens (tertiary/aromatic N) is 2. The monoisotopic (exact) mass is 549 g/mol. The van der Waals surface area contributed by atoms with E-state index in [0.717, 1.165) is 6.42 Å². The molecular weight excluding hydrogens is 515 g/mol. The summed E-state index contributed by atoms with van der Waals surface area (Å²) in [4.78, 5) is 53.0. The zero-order chi connectivity index (χ0) is 28.4. The zero-order valence-electron chi connectivity index (χ0n) is 22.1. The largest absolute Gasteiger partial charge is 0.471 e. The van der Waals surface area contributed by atoms with E-state index in [-0.39, 0.29) is 42.5 Å². The van der Waals surface area contributed by atoms with Crippen LogP contribution in [0.3, 0.4) is 0 Å². The van der Waals surface area contributed by atoms with Gasteiger partial charge in [0.05, 0.1) is 6.07 Å². The van der Waals surface area contributed by atoms with Gasteiger partial charge in [-0.05, 0) is 60.2 Å². The molecule has 2 saturated heterocycles. The Kier molecular flexibility index (Phi) is 6.71. The molecule has 4 aliphatic carbocycles. The molecule has 1 unspecified atom stereocenters. The average Bonchev–Trinajstić information content (AvgIpc) is 3.43. The smallest absolute Gasteiger partial charge is 0.356 e. The molecule has 39 heavy (non-hydrogen) atoms. The molecule has 0 aromatic heterocycles. The van der Waals surface area contributed by atoms with Gasteiger partial charge in [-0.25, -0.2) is 0 Å². The minimum atomic E-state index is -5.17. The maximum Gasteiger partial charge on any atom is 0.471 e. The number of amides is 4. The summed E-state index contributed by atoms with van der Waals surface area (Å²) in [6.45, 7) is 5.36. The normalized spacial score (nSPS) is 35.8. The second kappa shape index (κ2) is 9.52. The predicted molar refractivity (Wildman–Crippen MR) is 131 cm³/mol.